The second kappa shape index (κ2) is 7.04. The minimum absolute atomic E-state index is 0.0570. The van der Waals surface area contributed by atoms with Crippen molar-refractivity contribution in [1.29, 1.82) is 0 Å². The number of hydrogen-bond donors (Lipinski definition) is 2. The van der Waals surface area contributed by atoms with E-state index in [4.69, 9.17) is 10.5 Å². The first-order valence-corrected chi connectivity index (χ1v) is 7.91. The molecule has 2 rings (SSSR count). The van der Waals surface area contributed by atoms with E-state index in [1.807, 2.05) is 0 Å². The fraction of sp³-hybridized carbons (Fsp3) is 0.333. The molecular formula is C12H16N4O4S. The third-order valence-corrected chi connectivity index (χ3v) is 3.93. The van der Waals surface area contributed by atoms with Crippen LogP contribution in [0.25, 0.3) is 0 Å². The lowest BCUT2D eigenvalue weighted by molar-refractivity contribution is 0.340. The van der Waals surface area contributed by atoms with E-state index in [9.17, 15) is 8.42 Å². The van der Waals surface area contributed by atoms with Gasteiger partial charge in [0.25, 0.3) is 0 Å². The van der Waals surface area contributed by atoms with Gasteiger partial charge >= 0.3 is 0 Å². The molecule has 114 valence electrons. The average molecular weight is 312 g/mol. The van der Waals surface area contributed by atoms with E-state index in [0.29, 0.717) is 23.7 Å². The van der Waals surface area contributed by atoms with Crippen molar-refractivity contribution < 1.29 is 17.7 Å². The van der Waals surface area contributed by atoms with Crippen molar-refractivity contribution in [3.63, 3.8) is 0 Å². The van der Waals surface area contributed by atoms with Crippen molar-refractivity contribution in [2.45, 2.75) is 6.42 Å². The Bertz CT molecular complexity index is 640. The molecule has 1 aromatic heterocycles. The highest BCUT2D eigenvalue weighted by Crippen LogP contribution is 2.12. The topological polar surface area (TPSA) is 120 Å². The summed E-state index contributed by atoms with van der Waals surface area (Å²) in [5.74, 6) is 0.894. The van der Waals surface area contributed by atoms with Gasteiger partial charge < -0.3 is 15.0 Å². The molecule has 0 aliphatic rings. The number of nitrogens with zero attached hydrogens (tertiary/aromatic N) is 2. The fourth-order valence-corrected chi connectivity index (χ4v) is 2.39. The molecule has 0 amide bonds. The Morgan fingerprint density at radius 2 is 2.05 bits per heavy atom. The molecule has 2 aromatic rings. The highest BCUT2D eigenvalue weighted by atomic mass is 32.2. The monoisotopic (exact) mass is 312 g/mol. The number of rotatable bonds is 8. The molecule has 0 saturated carbocycles. The Labute approximate surface area is 122 Å². The first kappa shape index (κ1) is 15.3. The predicted molar refractivity (Wildman–Crippen MR) is 76.1 cm³/mol. The number of nitrogen functional groups attached to an aromatic ring is 1. The van der Waals surface area contributed by atoms with Crippen LogP contribution in [-0.4, -0.2) is 37.5 Å². The summed E-state index contributed by atoms with van der Waals surface area (Å²) in [6, 6.07) is 6.75. The molecule has 0 radical (unpaired) electrons. The van der Waals surface area contributed by atoms with Crippen molar-refractivity contribution in [2.75, 3.05) is 24.6 Å². The number of anilines is 1. The maximum Gasteiger partial charge on any atom is 0.214 e. The molecular weight excluding hydrogens is 296 g/mol. The highest BCUT2D eigenvalue weighted by Gasteiger charge is 2.10. The largest absolute Gasteiger partial charge is 0.492 e. The zero-order valence-corrected chi connectivity index (χ0v) is 12.0. The van der Waals surface area contributed by atoms with Gasteiger partial charge in [-0.05, 0) is 24.3 Å². The summed E-state index contributed by atoms with van der Waals surface area (Å²) in [5.41, 5.74) is 6.16. The van der Waals surface area contributed by atoms with E-state index >= 15 is 0 Å². The summed E-state index contributed by atoms with van der Waals surface area (Å²) in [6.07, 6.45) is 1.57. The number of sulfonamides is 1. The van der Waals surface area contributed by atoms with Gasteiger partial charge in [0.05, 0.1) is 5.75 Å². The number of nitrogens with two attached hydrogens (primary N) is 1. The second-order valence-corrected chi connectivity index (χ2v) is 6.15. The van der Waals surface area contributed by atoms with E-state index in [0.717, 1.165) is 0 Å². The average Bonchev–Trinajstić information content (AvgIpc) is 2.94. The van der Waals surface area contributed by atoms with Crippen molar-refractivity contribution in [3.8, 4) is 5.75 Å². The minimum Gasteiger partial charge on any atom is -0.492 e. The Morgan fingerprint density at radius 3 is 2.71 bits per heavy atom. The number of hydrogen-bond acceptors (Lipinski definition) is 7. The minimum atomic E-state index is -3.40. The lowest BCUT2D eigenvalue weighted by atomic mass is 10.3. The van der Waals surface area contributed by atoms with Gasteiger partial charge in [0, 0.05) is 18.7 Å². The van der Waals surface area contributed by atoms with Crippen molar-refractivity contribution >= 4 is 15.7 Å². The molecule has 9 heteroatoms. The standard InChI is InChI=1S/C12H16N4O4S/c13-10-1-3-11(4-2-10)19-7-8-21(17,18)15-6-5-12-14-9-20-16-12/h1-4,9,15H,5-8,13H2. The van der Waals surface area contributed by atoms with Crippen LogP contribution in [0.4, 0.5) is 5.69 Å². The van der Waals surface area contributed by atoms with E-state index in [2.05, 4.69) is 19.4 Å². The molecule has 8 nitrogen and oxygen atoms in total. The van der Waals surface area contributed by atoms with E-state index in [1.165, 1.54) is 6.39 Å². The molecule has 0 bridgehead atoms. The zero-order chi connectivity index (χ0) is 15.1. The number of benzene rings is 1. The first-order valence-electron chi connectivity index (χ1n) is 6.26. The Balaban J connectivity index is 1.69. The zero-order valence-electron chi connectivity index (χ0n) is 11.2. The summed E-state index contributed by atoms with van der Waals surface area (Å²) < 4.78 is 35.8. The molecule has 0 aliphatic heterocycles. The fourth-order valence-electron chi connectivity index (χ4n) is 1.53. The maximum atomic E-state index is 11.7. The SMILES string of the molecule is Nc1ccc(OCCS(=O)(=O)NCCc2ncon2)cc1. The molecule has 21 heavy (non-hydrogen) atoms. The van der Waals surface area contributed by atoms with Crippen LogP contribution < -0.4 is 15.2 Å². The molecule has 1 heterocycles. The van der Waals surface area contributed by atoms with Crippen LogP contribution in [0.2, 0.25) is 0 Å². The molecule has 0 atom stereocenters. The van der Waals surface area contributed by atoms with Gasteiger partial charge in [-0.2, -0.15) is 4.98 Å². The smallest absolute Gasteiger partial charge is 0.214 e. The summed E-state index contributed by atoms with van der Waals surface area (Å²) in [4.78, 5) is 3.80. The normalized spacial score (nSPS) is 11.4. The van der Waals surface area contributed by atoms with Gasteiger partial charge in [0.2, 0.25) is 16.4 Å². The van der Waals surface area contributed by atoms with Crippen LogP contribution >= 0.6 is 0 Å². The highest BCUT2D eigenvalue weighted by molar-refractivity contribution is 7.89. The number of aromatic nitrogens is 2. The molecule has 0 aliphatic carbocycles. The third-order valence-electron chi connectivity index (χ3n) is 2.58. The third kappa shape index (κ3) is 5.40. The van der Waals surface area contributed by atoms with Gasteiger partial charge in [-0.1, -0.05) is 5.16 Å². The van der Waals surface area contributed by atoms with Gasteiger partial charge in [0.1, 0.15) is 12.4 Å². The van der Waals surface area contributed by atoms with Crippen LogP contribution in [0, 0.1) is 0 Å². The van der Waals surface area contributed by atoms with Crippen molar-refractivity contribution in [3.05, 3.63) is 36.5 Å². The van der Waals surface area contributed by atoms with Crippen LogP contribution in [-0.2, 0) is 16.4 Å². The van der Waals surface area contributed by atoms with Crippen LogP contribution in [0.15, 0.2) is 35.2 Å². The molecule has 0 fully saturated rings. The van der Waals surface area contributed by atoms with Gasteiger partial charge in [0.15, 0.2) is 5.82 Å². The first-order chi connectivity index (χ1) is 10.1. The van der Waals surface area contributed by atoms with Gasteiger partial charge in [-0.25, -0.2) is 13.1 Å². The molecule has 0 saturated heterocycles. The Morgan fingerprint density at radius 1 is 1.29 bits per heavy atom. The van der Waals surface area contributed by atoms with Crippen LogP contribution in [0.3, 0.4) is 0 Å². The molecule has 1 aromatic carbocycles. The predicted octanol–water partition coefficient (Wildman–Crippen LogP) is 0.193. The number of nitrogens with one attached hydrogen (secondary N) is 1. The summed E-state index contributed by atoms with van der Waals surface area (Å²) in [6.45, 7) is 0.269. The maximum absolute atomic E-state index is 11.7. The molecule has 3 N–H and O–H groups in total. The van der Waals surface area contributed by atoms with Gasteiger partial charge in [-0.3, -0.25) is 0 Å². The van der Waals surface area contributed by atoms with E-state index in [1.54, 1.807) is 24.3 Å². The van der Waals surface area contributed by atoms with Crippen molar-refractivity contribution in [2.24, 2.45) is 0 Å². The van der Waals surface area contributed by atoms with E-state index in [-0.39, 0.29) is 18.9 Å². The van der Waals surface area contributed by atoms with Gasteiger partial charge in [-0.15, -0.1) is 0 Å². The summed E-state index contributed by atoms with van der Waals surface area (Å²) in [5, 5.41) is 3.59. The summed E-state index contributed by atoms with van der Waals surface area (Å²) in [7, 11) is -3.40. The molecule has 0 spiro atoms. The quantitative estimate of drug-likeness (QED) is 0.667. The summed E-state index contributed by atoms with van der Waals surface area (Å²) >= 11 is 0. The number of ether oxygens (including phenoxy) is 1. The van der Waals surface area contributed by atoms with Crippen molar-refractivity contribution in [1.82, 2.24) is 14.9 Å². The lowest BCUT2D eigenvalue weighted by Gasteiger charge is -2.08. The molecule has 0 unspecified atom stereocenters. The Hall–Kier alpha value is -2.13. The second-order valence-electron chi connectivity index (χ2n) is 4.23. The Kier molecular flexibility index (Phi) is 5.12. The van der Waals surface area contributed by atoms with Crippen LogP contribution in [0.5, 0.6) is 5.75 Å². The van der Waals surface area contributed by atoms with Crippen LogP contribution in [0.1, 0.15) is 5.82 Å². The van der Waals surface area contributed by atoms with E-state index < -0.39 is 10.0 Å². The lowest BCUT2D eigenvalue weighted by Crippen LogP contribution is -2.30.